The Labute approximate surface area is 127 Å². The summed E-state index contributed by atoms with van der Waals surface area (Å²) in [6, 6.07) is 8.50. The normalized spacial score (nSPS) is 18.5. The fourth-order valence-corrected chi connectivity index (χ4v) is 3.99. The number of rotatable bonds is 2. The highest BCUT2D eigenvalue weighted by Crippen LogP contribution is 2.39. The molecule has 0 aliphatic carbocycles. The molecule has 2 heterocycles. The zero-order chi connectivity index (χ0) is 13.4. The number of para-hydroxylation sites is 1. The lowest BCUT2D eigenvalue weighted by atomic mass is 9.94. The van der Waals surface area contributed by atoms with Crippen molar-refractivity contribution in [2.24, 2.45) is 5.92 Å². The van der Waals surface area contributed by atoms with Crippen molar-refractivity contribution < 1.29 is 0 Å². The molecule has 5 heteroatoms. The van der Waals surface area contributed by atoms with Crippen molar-refractivity contribution in [3.8, 4) is 0 Å². The Kier molecular flexibility index (Phi) is 3.70. The number of nitrogens with zero attached hydrogens (tertiary/aromatic N) is 2. The van der Waals surface area contributed by atoms with Crippen LogP contribution in [0.25, 0.3) is 0 Å². The average Bonchev–Trinajstić information content (AvgIpc) is 2.79. The summed E-state index contributed by atoms with van der Waals surface area (Å²) in [7, 11) is 0. The summed E-state index contributed by atoms with van der Waals surface area (Å²) in [5, 5.41) is 1.48. The molecule has 1 aliphatic rings. The lowest BCUT2D eigenvalue weighted by molar-refractivity contribution is 0.562. The van der Waals surface area contributed by atoms with E-state index >= 15 is 0 Å². The van der Waals surface area contributed by atoms with Crippen LogP contribution in [0.2, 0.25) is 5.15 Å². The van der Waals surface area contributed by atoms with Crippen molar-refractivity contribution >= 4 is 45.4 Å². The van der Waals surface area contributed by atoms with Crippen LogP contribution in [-0.2, 0) is 12.3 Å². The van der Waals surface area contributed by atoms with Crippen LogP contribution in [0, 0.1) is 5.92 Å². The Hall–Kier alpha value is -0.770. The smallest absolute Gasteiger partial charge is 0.191 e. The molecule has 2 aromatic rings. The van der Waals surface area contributed by atoms with E-state index in [4.69, 9.17) is 23.2 Å². The third kappa shape index (κ3) is 2.47. The van der Waals surface area contributed by atoms with Gasteiger partial charge in [0.15, 0.2) is 5.13 Å². The fourth-order valence-electron chi connectivity index (χ4n) is 2.50. The van der Waals surface area contributed by atoms with Gasteiger partial charge in [-0.15, -0.1) is 11.6 Å². The van der Waals surface area contributed by atoms with Crippen molar-refractivity contribution in [1.82, 2.24) is 4.98 Å². The van der Waals surface area contributed by atoms with Crippen molar-refractivity contribution in [2.45, 2.75) is 19.2 Å². The highest BCUT2D eigenvalue weighted by molar-refractivity contribution is 7.16. The van der Waals surface area contributed by atoms with Crippen molar-refractivity contribution in [1.29, 1.82) is 0 Å². The lowest BCUT2D eigenvalue weighted by Crippen LogP contribution is -2.30. The molecule has 0 bridgehead atoms. The fraction of sp³-hybridized carbons (Fsp3) is 0.357. The first-order valence-corrected chi connectivity index (χ1v) is 7.98. The van der Waals surface area contributed by atoms with Gasteiger partial charge in [0.05, 0.1) is 10.8 Å². The van der Waals surface area contributed by atoms with E-state index in [1.807, 2.05) is 0 Å². The monoisotopic (exact) mass is 312 g/mol. The van der Waals surface area contributed by atoms with Crippen LogP contribution < -0.4 is 4.90 Å². The van der Waals surface area contributed by atoms with Crippen LogP contribution in [0.3, 0.4) is 0 Å². The first-order chi connectivity index (χ1) is 9.19. The van der Waals surface area contributed by atoms with Crippen molar-refractivity contribution in [2.75, 3.05) is 11.4 Å². The number of hydrogen-bond donors (Lipinski definition) is 0. The van der Waals surface area contributed by atoms with Crippen molar-refractivity contribution in [3.63, 3.8) is 0 Å². The predicted molar refractivity (Wildman–Crippen MR) is 83.0 cm³/mol. The SMILES string of the molecule is CC1Cc2ccccc2N(c2nc(Cl)c(CCl)s2)C1. The third-order valence-electron chi connectivity index (χ3n) is 3.34. The lowest BCUT2D eigenvalue weighted by Gasteiger charge is -2.32. The number of alkyl halides is 1. The highest BCUT2D eigenvalue weighted by atomic mass is 35.5. The number of anilines is 2. The topological polar surface area (TPSA) is 16.1 Å². The van der Waals surface area contributed by atoms with E-state index in [0.717, 1.165) is 23.0 Å². The molecular formula is C14H14Cl2N2S. The zero-order valence-electron chi connectivity index (χ0n) is 10.6. The van der Waals surface area contributed by atoms with Crippen LogP contribution >= 0.6 is 34.5 Å². The number of thiazole rings is 1. The van der Waals surface area contributed by atoms with Crippen LogP contribution in [0.4, 0.5) is 10.8 Å². The number of hydrogen-bond acceptors (Lipinski definition) is 3. The van der Waals surface area contributed by atoms with Crippen LogP contribution in [-0.4, -0.2) is 11.5 Å². The Bertz CT molecular complexity index is 597. The molecule has 0 saturated heterocycles. The summed E-state index contributed by atoms with van der Waals surface area (Å²) in [5.41, 5.74) is 2.62. The highest BCUT2D eigenvalue weighted by Gasteiger charge is 2.25. The summed E-state index contributed by atoms with van der Waals surface area (Å²) in [6.45, 7) is 3.24. The van der Waals surface area contributed by atoms with E-state index < -0.39 is 0 Å². The molecule has 1 aliphatic heterocycles. The maximum Gasteiger partial charge on any atom is 0.191 e. The third-order valence-corrected chi connectivity index (χ3v) is 5.26. The Balaban J connectivity index is 2.04. The first kappa shape index (κ1) is 13.2. The number of aromatic nitrogens is 1. The average molecular weight is 313 g/mol. The maximum absolute atomic E-state index is 6.12. The zero-order valence-corrected chi connectivity index (χ0v) is 12.9. The summed E-state index contributed by atoms with van der Waals surface area (Å²) >= 11 is 13.6. The van der Waals surface area contributed by atoms with Gasteiger partial charge in [-0.1, -0.05) is 48.1 Å². The molecule has 2 nitrogen and oxygen atoms in total. The minimum atomic E-state index is 0.418. The molecule has 0 saturated carbocycles. The van der Waals surface area contributed by atoms with E-state index in [9.17, 15) is 0 Å². The number of fused-ring (bicyclic) bond motifs is 1. The van der Waals surface area contributed by atoms with Gasteiger partial charge in [0.1, 0.15) is 5.15 Å². The second-order valence-corrected chi connectivity index (χ2v) is 6.58. The van der Waals surface area contributed by atoms with E-state index in [1.165, 1.54) is 11.3 Å². The number of benzene rings is 1. The van der Waals surface area contributed by atoms with Crippen molar-refractivity contribution in [3.05, 3.63) is 39.9 Å². The summed E-state index contributed by atoms with van der Waals surface area (Å²) in [4.78, 5) is 7.66. The molecule has 0 spiro atoms. The summed E-state index contributed by atoms with van der Waals surface area (Å²) in [5.74, 6) is 1.03. The molecule has 100 valence electrons. The largest absolute Gasteiger partial charge is 0.317 e. The predicted octanol–water partition coefficient (Wildman–Crippen LogP) is 4.87. The van der Waals surface area contributed by atoms with Gasteiger partial charge in [0.25, 0.3) is 0 Å². The number of halogens is 2. The van der Waals surface area contributed by atoms with E-state index in [2.05, 4.69) is 41.1 Å². The summed E-state index contributed by atoms with van der Waals surface area (Å²) in [6.07, 6.45) is 1.12. The van der Waals surface area contributed by atoms with Crippen LogP contribution in [0.1, 0.15) is 17.4 Å². The van der Waals surface area contributed by atoms with Gasteiger partial charge in [0, 0.05) is 12.2 Å². The Morgan fingerprint density at radius 2 is 2.21 bits per heavy atom. The molecule has 0 amide bonds. The van der Waals surface area contributed by atoms with Crippen LogP contribution in [0.15, 0.2) is 24.3 Å². The van der Waals surface area contributed by atoms with E-state index in [1.54, 1.807) is 11.3 Å². The van der Waals surface area contributed by atoms with Crippen LogP contribution in [0.5, 0.6) is 0 Å². The Morgan fingerprint density at radius 3 is 2.95 bits per heavy atom. The maximum atomic E-state index is 6.12. The van der Waals surface area contributed by atoms with Gasteiger partial charge < -0.3 is 4.90 Å². The van der Waals surface area contributed by atoms with Gasteiger partial charge in [-0.05, 0) is 24.0 Å². The van der Waals surface area contributed by atoms with E-state index in [-0.39, 0.29) is 0 Å². The molecule has 1 unspecified atom stereocenters. The standard InChI is InChI=1S/C14H14Cl2N2S/c1-9-6-10-4-2-3-5-11(10)18(8-9)14-17-13(16)12(7-15)19-14/h2-5,9H,6-8H2,1H3. The van der Waals surface area contributed by atoms with E-state index in [0.29, 0.717) is 17.0 Å². The molecule has 3 rings (SSSR count). The van der Waals surface area contributed by atoms with Gasteiger partial charge in [0.2, 0.25) is 0 Å². The quantitative estimate of drug-likeness (QED) is 0.736. The first-order valence-electron chi connectivity index (χ1n) is 6.25. The van der Waals surface area contributed by atoms with Gasteiger partial charge in [-0.2, -0.15) is 0 Å². The molecule has 19 heavy (non-hydrogen) atoms. The molecule has 1 aromatic carbocycles. The second-order valence-electron chi connectivity index (χ2n) is 4.89. The minimum absolute atomic E-state index is 0.418. The molecule has 1 atom stereocenters. The van der Waals surface area contributed by atoms with Gasteiger partial charge in [-0.3, -0.25) is 0 Å². The molecule has 0 radical (unpaired) electrons. The molecule has 0 fully saturated rings. The Morgan fingerprint density at radius 1 is 1.42 bits per heavy atom. The summed E-state index contributed by atoms with van der Waals surface area (Å²) < 4.78 is 0. The molecule has 1 aromatic heterocycles. The minimum Gasteiger partial charge on any atom is -0.317 e. The second kappa shape index (κ2) is 5.31. The van der Waals surface area contributed by atoms with Gasteiger partial charge >= 0.3 is 0 Å². The molecular weight excluding hydrogens is 299 g/mol. The molecule has 0 N–H and O–H groups in total. The van der Waals surface area contributed by atoms with Gasteiger partial charge in [-0.25, -0.2) is 4.98 Å².